The van der Waals surface area contributed by atoms with Crippen molar-refractivity contribution in [3.05, 3.63) is 275 Å². The minimum Gasteiger partial charge on any atom is -0.293 e. The third kappa shape index (κ3) is 9.03. The van der Waals surface area contributed by atoms with Gasteiger partial charge in [-0.05, 0) is 44.3 Å². The van der Waals surface area contributed by atoms with Gasteiger partial charge in [0.25, 0.3) is 0 Å². The Morgan fingerprint density at radius 3 is 0.894 bits per heavy atom. The molecule has 9 rings (SSSR count). The van der Waals surface area contributed by atoms with Crippen molar-refractivity contribution < 1.29 is 78.1 Å². The fourth-order valence-electron chi connectivity index (χ4n) is 8.87. The second kappa shape index (κ2) is 20.5. The second-order valence-electron chi connectivity index (χ2n) is 15.9. The Bertz CT molecular complexity index is 3090. The molecule has 319 valence electrons. The van der Waals surface area contributed by atoms with Crippen LogP contribution in [-0.2, 0) is 0 Å². The van der Waals surface area contributed by atoms with E-state index in [0.29, 0.717) is 16.2 Å². The average molecular weight is 997 g/mol. The summed E-state index contributed by atoms with van der Waals surface area (Å²) >= 11 is 0. The maximum atomic E-state index is 15.7. The molecule has 0 amide bonds. The molecule has 0 heterocycles. The molecule has 0 aliphatic carbocycles. The zero-order valence-electron chi connectivity index (χ0n) is 35.4. The summed E-state index contributed by atoms with van der Waals surface area (Å²) < 4.78 is 0. The summed E-state index contributed by atoms with van der Waals surface area (Å²) in [6.07, 6.45) is 0. The van der Waals surface area contributed by atoms with Crippen molar-refractivity contribution >= 4 is 56.2 Å². The Labute approximate surface area is 422 Å². The molecule has 0 atom stereocenters. The number of carbonyl (C=O) groups is 6. The predicted octanol–water partition coefficient (Wildman–Crippen LogP) is 12.5. The van der Waals surface area contributed by atoms with Gasteiger partial charge in [-0.15, -0.1) is 0 Å². The maximum absolute atomic E-state index is 15.7. The molecule has 66 heavy (non-hydrogen) atoms. The van der Waals surface area contributed by atoms with Crippen molar-refractivity contribution in [3.8, 4) is 0 Å². The first-order valence-corrected chi connectivity index (χ1v) is 21.4. The van der Waals surface area contributed by atoms with Gasteiger partial charge in [-0.3, -0.25) is 28.8 Å². The van der Waals surface area contributed by atoms with Crippen LogP contribution in [-0.4, -0.2) is 34.7 Å². The molecule has 9 aromatic rings. The molecular weight excluding hydrogens is 957 g/mol. The summed E-state index contributed by atoms with van der Waals surface area (Å²) in [7, 11) is 0. The predicted molar refractivity (Wildman–Crippen MR) is 254 cm³/mol. The van der Waals surface area contributed by atoms with E-state index in [1.165, 1.54) is 0 Å². The number of fused-ring (bicyclic) bond motifs is 3. The molecule has 0 aromatic heterocycles. The van der Waals surface area contributed by atoms with Crippen molar-refractivity contribution in [2.24, 2.45) is 0 Å². The third-order valence-corrected chi connectivity index (χ3v) is 12.0. The first-order chi connectivity index (χ1) is 31.8. The first-order valence-electron chi connectivity index (χ1n) is 21.4. The number of ketones is 6. The molecule has 0 spiro atoms. The van der Waals surface area contributed by atoms with Gasteiger partial charge in [-0.25, -0.2) is 0 Å². The smallest absolute Gasteiger partial charge is 0.178 e. The number of benzene rings is 9. The summed E-state index contributed by atoms with van der Waals surface area (Å²) in [4.78, 5) is 93.5. The third-order valence-electron chi connectivity index (χ3n) is 12.0. The summed E-state index contributed by atoms with van der Waals surface area (Å²) in [6.45, 7) is 0. The van der Waals surface area contributed by atoms with Crippen LogP contribution >= 0.6 is 0 Å². The molecule has 6 nitrogen and oxygen atoms in total. The fourth-order valence-corrected chi connectivity index (χ4v) is 8.87. The number of rotatable bonds is 15. The monoisotopic (exact) mass is 997 g/mol. The van der Waals surface area contributed by atoms with Gasteiger partial charge < -0.3 is 0 Å². The van der Waals surface area contributed by atoms with E-state index in [1.54, 1.807) is 194 Å². The minimum absolute atomic E-state index is 0. The van der Waals surface area contributed by atoms with Crippen molar-refractivity contribution in [1.29, 1.82) is 0 Å². The fraction of sp³-hybridized carbons (Fsp3) is 0.0508. The minimum atomic E-state index is -1.76. The molecule has 0 bridgehead atoms. The van der Waals surface area contributed by atoms with Gasteiger partial charge in [-0.1, -0.05) is 218 Å². The Morgan fingerprint density at radius 2 is 0.545 bits per heavy atom. The summed E-state index contributed by atoms with van der Waals surface area (Å²) in [6, 6.07) is 63.2. The van der Waals surface area contributed by atoms with Gasteiger partial charge in [0.1, 0.15) is 17.8 Å². The van der Waals surface area contributed by atoms with Crippen LogP contribution in [0.5, 0.6) is 0 Å². The number of Topliss-reactive ketones (excluding diaryl/α,β-unsaturated/α-hetero) is 6. The van der Waals surface area contributed by atoms with E-state index in [4.69, 9.17) is 0 Å². The van der Waals surface area contributed by atoms with Gasteiger partial charge in [0, 0.05) is 82.8 Å². The van der Waals surface area contributed by atoms with Crippen LogP contribution in [0.25, 0.3) is 21.5 Å². The summed E-state index contributed by atoms with van der Waals surface area (Å²) in [5.74, 6) is -8.75. The van der Waals surface area contributed by atoms with E-state index in [2.05, 4.69) is 0 Å². The van der Waals surface area contributed by atoms with Crippen LogP contribution in [0.1, 0.15) is 96.6 Å². The van der Waals surface area contributed by atoms with Crippen LogP contribution in [0.4, 0.5) is 0 Å². The van der Waals surface area contributed by atoms with E-state index >= 15 is 28.8 Å². The Hall–Kier alpha value is -6.90. The average Bonchev–Trinajstić information content (AvgIpc) is 3.38. The number of hydrogen-bond acceptors (Lipinski definition) is 6. The van der Waals surface area contributed by atoms with Crippen LogP contribution < -0.4 is 0 Å². The van der Waals surface area contributed by atoms with Crippen LogP contribution in [0.2, 0.25) is 0 Å². The van der Waals surface area contributed by atoms with E-state index in [1.807, 2.05) is 30.3 Å². The SMILES string of the molecule is O=C(c1ccccc1)C(C(=O)c1ccccc1)c1cc2c(ccc3ccccc32)c(C(C(=O)c2ccccc2)C(=O)c2ccccc2)c1C(C(=O)c1ccccc1)C(=O)c1ccccc1.[Eu]. The summed E-state index contributed by atoms with van der Waals surface area (Å²) in [5, 5.41) is 2.44. The van der Waals surface area contributed by atoms with Crippen LogP contribution in [0, 0.1) is 49.4 Å². The molecule has 0 aliphatic rings. The Morgan fingerprint density at radius 1 is 0.258 bits per heavy atom. The Kier molecular flexibility index (Phi) is 14.2. The molecule has 0 saturated heterocycles. The molecule has 0 saturated carbocycles. The summed E-state index contributed by atoms with van der Waals surface area (Å²) in [5.41, 5.74) is 1.26. The van der Waals surface area contributed by atoms with Gasteiger partial charge >= 0.3 is 0 Å². The van der Waals surface area contributed by atoms with Crippen molar-refractivity contribution in [2.45, 2.75) is 17.8 Å². The normalized spacial score (nSPS) is 11.1. The molecule has 0 fully saturated rings. The number of hydrogen-bond donors (Lipinski definition) is 0. The van der Waals surface area contributed by atoms with Gasteiger partial charge in [0.15, 0.2) is 34.7 Å². The Balaban J connectivity index is 0.00000592. The molecule has 9 aromatic carbocycles. The standard InChI is InChI=1S/C59H40O6.Eu/c60-54(39-22-7-1-8-23-39)51(55(61)40-24-9-2-10-25-40)48-37-47-45-34-20-19-21-38(45)35-36-46(47)49(52(56(62)41-26-11-3-12-27-41)57(63)42-28-13-4-14-29-42)50(48)53(58(64)43-30-15-5-16-31-43)59(65)44-32-17-6-18-33-44;/h1-37,51-53H;. The van der Waals surface area contributed by atoms with Gasteiger partial charge in [0.2, 0.25) is 0 Å². The topological polar surface area (TPSA) is 102 Å². The molecule has 0 N–H and O–H groups in total. The van der Waals surface area contributed by atoms with Crippen molar-refractivity contribution in [3.63, 3.8) is 0 Å². The molecular formula is C59H40EuO6. The van der Waals surface area contributed by atoms with Crippen LogP contribution in [0.3, 0.4) is 0 Å². The maximum Gasteiger partial charge on any atom is 0.178 e. The van der Waals surface area contributed by atoms with E-state index in [9.17, 15) is 0 Å². The number of carbonyl (C=O) groups excluding carboxylic acids is 6. The largest absolute Gasteiger partial charge is 0.293 e. The van der Waals surface area contributed by atoms with Crippen molar-refractivity contribution in [1.82, 2.24) is 0 Å². The zero-order chi connectivity index (χ0) is 44.9. The van der Waals surface area contributed by atoms with Gasteiger partial charge in [0.05, 0.1) is 0 Å². The molecule has 7 heteroatoms. The van der Waals surface area contributed by atoms with Crippen LogP contribution in [0.15, 0.2) is 224 Å². The molecule has 0 aliphatic heterocycles. The van der Waals surface area contributed by atoms with E-state index in [-0.39, 0.29) is 99.4 Å². The van der Waals surface area contributed by atoms with Gasteiger partial charge in [-0.2, -0.15) is 0 Å². The van der Waals surface area contributed by atoms with Crippen molar-refractivity contribution in [2.75, 3.05) is 0 Å². The molecule has 1 radical (unpaired) electrons. The quantitative estimate of drug-likeness (QED) is 0.0576. The second-order valence-corrected chi connectivity index (χ2v) is 15.9. The zero-order valence-corrected chi connectivity index (χ0v) is 37.8. The molecule has 0 unspecified atom stereocenters. The van der Waals surface area contributed by atoms with E-state index < -0.39 is 52.5 Å². The van der Waals surface area contributed by atoms with E-state index in [0.717, 1.165) is 5.39 Å². The first kappa shape index (κ1) is 45.7.